The van der Waals surface area contributed by atoms with Gasteiger partial charge in [0.1, 0.15) is 11.2 Å². The first-order valence-electron chi connectivity index (χ1n) is 6.97. The van der Waals surface area contributed by atoms with Gasteiger partial charge < -0.3 is 14.4 Å². The van der Waals surface area contributed by atoms with Crippen LogP contribution in [-0.2, 0) is 4.74 Å². The third-order valence-corrected chi connectivity index (χ3v) is 3.26. The van der Waals surface area contributed by atoms with E-state index < -0.39 is 23.7 Å². The number of carboxylic acids is 1. The van der Waals surface area contributed by atoms with Crippen molar-refractivity contribution in [2.45, 2.75) is 51.7 Å². The van der Waals surface area contributed by atoms with E-state index >= 15 is 0 Å². The van der Waals surface area contributed by atoms with Crippen molar-refractivity contribution in [3.8, 4) is 0 Å². The summed E-state index contributed by atoms with van der Waals surface area (Å²) < 4.78 is 10.5. The third-order valence-electron chi connectivity index (χ3n) is 3.26. The molecule has 1 aromatic rings. The second kappa shape index (κ2) is 5.75. The zero-order valence-electron chi connectivity index (χ0n) is 12.5. The fourth-order valence-electron chi connectivity index (χ4n) is 2.39. The van der Waals surface area contributed by atoms with Gasteiger partial charge in [-0.3, -0.25) is 4.90 Å². The van der Waals surface area contributed by atoms with Crippen LogP contribution < -0.4 is 0 Å². The largest absolute Gasteiger partial charge is 0.478 e. The molecule has 1 saturated heterocycles. The van der Waals surface area contributed by atoms with Gasteiger partial charge in [0.15, 0.2) is 5.76 Å². The van der Waals surface area contributed by atoms with Gasteiger partial charge in [0.2, 0.25) is 0 Å². The lowest BCUT2D eigenvalue weighted by Crippen LogP contribution is -2.42. The molecule has 0 radical (unpaired) electrons. The molecular weight excluding hydrogens is 276 g/mol. The number of piperidine rings is 1. The molecule has 1 atom stereocenters. The molecule has 116 valence electrons. The molecule has 1 aliphatic rings. The summed E-state index contributed by atoms with van der Waals surface area (Å²) in [6, 6.07) is -0.442. The van der Waals surface area contributed by atoms with Crippen LogP contribution in [0.15, 0.2) is 10.7 Å². The second-order valence-corrected chi connectivity index (χ2v) is 6.09. The fourth-order valence-corrected chi connectivity index (χ4v) is 2.39. The van der Waals surface area contributed by atoms with Crippen molar-refractivity contribution in [1.82, 2.24) is 10.1 Å². The van der Waals surface area contributed by atoms with E-state index in [-0.39, 0.29) is 11.3 Å². The molecule has 21 heavy (non-hydrogen) atoms. The standard InChI is InChI=1S/C14H20N2O5/c1-14(2,3)20-13(19)16-7-5-4-6-10(16)11-9(12(17)18)8-15-21-11/h8,10H,4-7H2,1-3H3,(H,17,18). The molecular formula is C14H20N2O5. The Morgan fingerprint density at radius 2 is 2.14 bits per heavy atom. The van der Waals surface area contributed by atoms with Gasteiger partial charge >= 0.3 is 12.1 Å². The number of amides is 1. The highest BCUT2D eigenvalue weighted by Crippen LogP contribution is 2.33. The molecule has 1 amide bonds. The predicted molar refractivity (Wildman–Crippen MR) is 73.0 cm³/mol. The predicted octanol–water partition coefficient (Wildman–Crippen LogP) is 2.83. The lowest BCUT2D eigenvalue weighted by Gasteiger charge is -2.35. The maximum atomic E-state index is 12.3. The molecule has 0 saturated carbocycles. The maximum absolute atomic E-state index is 12.3. The number of carbonyl (C=O) groups is 2. The minimum absolute atomic E-state index is 0.00420. The Hall–Kier alpha value is -2.05. The maximum Gasteiger partial charge on any atom is 0.410 e. The van der Waals surface area contributed by atoms with Gasteiger partial charge in [-0.2, -0.15) is 0 Å². The zero-order chi connectivity index (χ0) is 15.6. The molecule has 0 aromatic carbocycles. The Morgan fingerprint density at radius 1 is 1.43 bits per heavy atom. The van der Waals surface area contributed by atoms with E-state index in [1.54, 1.807) is 20.8 Å². The van der Waals surface area contributed by atoms with Crippen molar-refractivity contribution in [3.63, 3.8) is 0 Å². The Kier molecular flexibility index (Phi) is 4.20. The van der Waals surface area contributed by atoms with Gasteiger partial charge in [-0.15, -0.1) is 0 Å². The van der Waals surface area contributed by atoms with E-state index in [9.17, 15) is 9.59 Å². The summed E-state index contributed by atoms with van der Waals surface area (Å²) in [4.78, 5) is 25.0. The van der Waals surface area contributed by atoms with Crippen LogP contribution in [0.1, 0.15) is 62.2 Å². The molecule has 0 bridgehead atoms. The molecule has 1 aromatic heterocycles. The topological polar surface area (TPSA) is 92.9 Å². The molecule has 1 aliphatic heterocycles. The highest BCUT2D eigenvalue weighted by molar-refractivity contribution is 5.88. The Balaban J connectivity index is 2.25. The van der Waals surface area contributed by atoms with Gasteiger partial charge in [0.05, 0.1) is 12.2 Å². The number of likely N-dealkylation sites (tertiary alicyclic amines) is 1. The summed E-state index contributed by atoms with van der Waals surface area (Å²) in [5, 5.41) is 12.7. The van der Waals surface area contributed by atoms with E-state index in [0.717, 1.165) is 12.8 Å². The van der Waals surface area contributed by atoms with Crippen molar-refractivity contribution in [3.05, 3.63) is 17.5 Å². The van der Waals surface area contributed by atoms with Crippen LogP contribution in [0, 0.1) is 0 Å². The lowest BCUT2D eigenvalue weighted by molar-refractivity contribution is 0.00576. The molecule has 0 spiro atoms. The van der Waals surface area contributed by atoms with Gasteiger partial charge in [-0.05, 0) is 40.0 Å². The number of ether oxygens (including phenoxy) is 1. The summed E-state index contributed by atoms with van der Waals surface area (Å²) in [7, 11) is 0. The number of aromatic nitrogens is 1. The summed E-state index contributed by atoms with van der Waals surface area (Å²) >= 11 is 0. The normalized spacial score (nSPS) is 19.4. The highest BCUT2D eigenvalue weighted by atomic mass is 16.6. The Morgan fingerprint density at radius 3 is 2.76 bits per heavy atom. The Bertz CT molecular complexity index is 532. The van der Waals surface area contributed by atoms with Gasteiger partial charge in [0.25, 0.3) is 0 Å². The van der Waals surface area contributed by atoms with Gasteiger partial charge in [-0.25, -0.2) is 9.59 Å². The number of rotatable bonds is 2. The number of hydrogen-bond acceptors (Lipinski definition) is 5. The van der Waals surface area contributed by atoms with Crippen molar-refractivity contribution in [1.29, 1.82) is 0 Å². The lowest BCUT2D eigenvalue weighted by atomic mass is 9.98. The van der Waals surface area contributed by atoms with Gasteiger partial charge in [-0.1, -0.05) is 5.16 Å². The molecule has 1 fully saturated rings. The highest BCUT2D eigenvalue weighted by Gasteiger charge is 2.36. The van der Waals surface area contributed by atoms with E-state index in [0.29, 0.717) is 13.0 Å². The van der Waals surface area contributed by atoms with Crippen molar-refractivity contribution >= 4 is 12.1 Å². The quantitative estimate of drug-likeness (QED) is 0.902. The third kappa shape index (κ3) is 3.53. The molecule has 0 aliphatic carbocycles. The first-order valence-corrected chi connectivity index (χ1v) is 6.97. The zero-order valence-corrected chi connectivity index (χ0v) is 12.5. The van der Waals surface area contributed by atoms with Crippen LogP contribution in [0.5, 0.6) is 0 Å². The molecule has 2 heterocycles. The first kappa shape index (κ1) is 15.3. The van der Waals surface area contributed by atoms with Crippen LogP contribution in [0.25, 0.3) is 0 Å². The van der Waals surface area contributed by atoms with Crippen LogP contribution in [0.4, 0.5) is 4.79 Å². The number of carboxylic acid groups (broad SMARTS) is 1. The van der Waals surface area contributed by atoms with E-state index in [1.807, 2.05) is 0 Å². The fraction of sp³-hybridized carbons (Fsp3) is 0.643. The smallest absolute Gasteiger partial charge is 0.410 e. The summed E-state index contributed by atoms with van der Waals surface area (Å²) in [5.41, 5.74) is -0.605. The van der Waals surface area contributed by atoms with E-state index in [1.165, 1.54) is 11.1 Å². The summed E-state index contributed by atoms with van der Waals surface area (Å²) in [5.74, 6) is -0.894. The summed E-state index contributed by atoms with van der Waals surface area (Å²) in [6.45, 7) is 5.89. The number of hydrogen-bond donors (Lipinski definition) is 1. The van der Waals surface area contributed by atoms with Crippen molar-refractivity contribution in [2.24, 2.45) is 0 Å². The average Bonchev–Trinajstić information content (AvgIpc) is 2.85. The molecule has 1 N–H and O–H groups in total. The van der Waals surface area contributed by atoms with Crippen molar-refractivity contribution in [2.75, 3.05) is 6.54 Å². The SMILES string of the molecule is CC(C)(C)OC(=O)N1CCCCC1c1oncc1C(=O)O. The first-order chi connectivity index (χ1) is 9.79. The molecule has 2 rings (SSSR count). The van der Waals surface area contributed by atoms with E-state index in [2.05, 4.69) is 5.16 Å². The van der Waals surface area contributed by atoms with E-state index in [4.69, 9.17) is 14.4 Å². The van der Waals surface area contributed by atoms with Crippen LogP contribution >= 0.6 is 0 Å². The van der Waals surface area contributed by atoms with Crippen LogP contribution in [0.2, 0.25) is 0 Å². The molecule has 7 nitrogen and oxygen atoms in total. The Labute approximate surface area is 122 Å². The summed E-state index contributed by atoms with van der Waals surface area (Å²) in [6.07, 6.45) is 3.09. The molecule has 1 unspecified atom stereocenters. The number of carbonyl (C=O) groups excluding carboxylic acids is 1. The monoisotopic (exact) mass is 296 g/mol. The van der Waals surface area contributed by atoms with Crippen LogP contribution in [-0.4, -0.2) is 39.4 Å². The minimum atomic E-state index is -1.11. The van der Waals surface area contributed by atoms with Crippen LogP contribution in [0.3, 0.4) is 0 Å². The molecule has 7 heteroatoms. The minimum Gasteiger partial charge on any atom is -0.478 e. The number of nitrogens with zero attached hydrogens (tertiary/aromatic N) is 2. The van der Waals surface area contributed by atoms with Crippen molar-refractivity contribution < 1.29 is 24.0 Å². The van der Waals surface area contributed by atoms with Gasteiger partial charge in [0, 0.05) is 6.54 Å². The second-order valence-electron chi connectivity index (χ2n) is 6.09. The number of aromatic carboxylic acids is 1. The average molecular weight is 296 g/mol.